The van der Waals surface area contributed by atoms with Crippen molar-refractivity contribution in [1.29, 1.82) is 0 Å². The fourth-order valence-corrected chi connectivity index (χ4v) is 2.73. The molecule has 0 saturated heterocycles. The van der Waals surface area contributed by atoms with E-state index in [1.54, 1.807) is 0 Å². The molecule has 0 heterocycles. The molecule has 0 radical (unpaired) electrons. The lowest BCUT2D eigenvalue weighted by molar-refractivity contribution is 0.0851. The highest BCUT2D eigenvalue weighted by Crippen LogP contribution is 2.22. The van der Waals surface area contributed by atoms with Crippen LogP contribution in [0, 0.1) is 0 Å². The summed E-state index contributed by atoms with van der Waals surface area (Å²) in [6, 6.07) is 1.39. The van der Waals surface area contributed by atoms with E-state index in [1.165, 1.54) is 32.1 Å². The average molecular weight is 242 g/mol. The van der Waals surface area contributed by atoms with Crippen LogP contribution in [0.2, 0.25) is 0 Å². The lowest BCUT2D eigenvalue weighted by atomic mass is 9.89. The van der Waals surface area contributed by atoms with Crippen LogP contribution in [0.25, 0.3) is 0 Å². The van der Waals surface area contributed by atoms with Crippen LogP contribution in [0.5, 0.6) is 0 Å². The van der Waals surface area contributed by atoms with Gasteiger partial charge in [0.25, 0.3) is 0 Å². The summed E-state index contributed by atoms with van der Waals surface area (Å²) in [6.07, 6.45) is 6.67. The topological polar surface area (TPSA) is 24.5 Å². The van der Waals surface area contributed by atoms with Crippen molar-refractivity contribution in [3.8, 4) is 0 Å². The Labute approximate surface area is 107 Å². The van der Waals surface area contributed by atoms with Crippen molar-refractivity contribution in [2.75, 3.05) is 33.4 Å². The first-order chi connectivity index (χ1) is 8.29. The minimum atomic E-state index is 0.690. The molecule has 0 spiro atoms. The van der Waals surface area contributed by atoms with Gasteiger partial charge in [0.1, 0.15) is 0 Å². The molecule has 1 N–H and O–H groups in total. The van der Waals surface area contributed by atoms with Crippen LogP contribution < -0.4 is 5.32 Å². The Morgan fingerprint density at radius 1 is 1.24 bits per heavy atom. The molecule has 0 bridgehead atoms. The highest BCUT2D eigenvalue weighted by molar-refractivity contribution is 4.86. The van der Waals surface area contributed by atoms with Crippen molar-refractivity contribution in [3.63, 3.8) is 0 Å². The Morgan fingerprint density at radius 2 is 2.00 bits per heavy atom. The molecule has 0 aromatic heterocycles. The second-order valence-electron chi connectivity index (χ2n) is 5.09. The molecule has 2 atom stereocenters. The molecular weight excluding hydrogens is 212 g/mol. The largest absolute Gasteiger partial charge is 0.380 e. The highest BCUT2D eigenvalue weighted by atomic mass is 16.5. The van der Waals surface area contributed by atoms with E-state index in [-0.39, 0.29) is 0 Å². The summed E-state index contributed by atoms with van der Waals surface area (Å²) < 4.78 is 5.45. The zero-order valence-electron chi connectivity index (χ0n) is 11.9. The summed E-state index contributed by atoms with van der Waals surface area (Å²) in [6.45, 7) is 8.21. The monoisotopic (exact) mass is 242 g/mol. The highest BCUT2D eigenvalue weighted by Gasteiger charge is 2.27. The molecule has 1 aliphatic carbocycles. The summed E-state index contributed by atoms with van der Waals surface area (Å²) in [7, 11) is 2.25. The summed E-state index contributed by atoms with van der Waals surface area (Å²) in [4.78, 5) is 2.49. The van der Waals surface area contributed by atoms with Gasteiger partial charge in [-0.1, -0.05) is 19.8 Å². The molecule has 3 heteroatoms. The molecule has 2 unspecified atom stereocenters. The van der Waals surface area contributed by atoms with E-state index in [1.807, 2.05) is 0 Å². The predicted octanol–water partition coefficient (Wildman–Crippen LogP) is 2.27. The second kappa shape index (κ2) is 8.90. The standard InChI is InChI=1S/C14H30N2O/c1-4-10-15-13-8-6-7-9-14(13)16(3)11-12-17-5-2/h13-15H,4-12H2,1-3H3. The van der Waals surface area contributed by atoms with E-state index < -0.39 is 0 Å². The first-order valence-corrected chi connectivity index (χ1v) is 7.31. The molecule has 0 aromatic rings. The minimum absolute atomic E-state index is 0.690. The zero-order chi connectivity index (χ0) is 12.5. The molecular formula is C14H30N2O. The minimum Gasteiger partial charge on any atom is -0.380 e. The number of nitrogens with one attached hydrogen (secondary N) is 1. The Balaban J connectivity index is 2.34. The molecule has 1 rings (SSSR count). The number of ether oxygens (including phenoxy) is 1. The molecule has 0 aromatic carbocycles. The van der Waals surface area contributed by atoms with Crippen LogP contribution in [0.3, 0.4) is 0 Å². The van der Waals surface area contributed by atoms with Crippen molar-refractivity contribution in [3.05, 3.63) is 0 Å². The molecule has 17 heavy (non-hydrogen) atoms. The maximum atomic E-state index is 5.45. The van der Waals surface area contributed by atoms with Crippen LogP contribution in [-0.2, 0) is 4.74 Å². The zero-order valence-corrected chi connectivity index (χ0v) is 11.9. The van der Waals surface area contributed by atoms with Gasteiger partial charge < -0.3 is 10.1 Å². The van der Waals surface area contributed by atoms with Gasteiger partial charge in [-0.15, -0.1) is 0 Å². The van der Waals surface area contributed by atoms with Crippen LogP contribution in [0.1, 0.15) is 46.0 Å². The maximum absolute atomic E-state index is 5.45. The Kier molecular flexibility index (Phi) is 7.82. The van der Waals surface area contributed by atoms with Crippen molar-refractivity contribution in [2.45, 2.75) is 58.0 Å². The van der Waals surface area contributed by atoms with E-state index in [9.17, 15) is 0 Å². The third kappa shape index (κ3) is 5.36. The Morgan fingerprint density at radius 3 is 2.71 bits per heavy atom. The van der Waals surface area contributed by atoms with E-state index in [2.05, 4.69) is 31.1 Å². The average Bonchev–Trinajstić information content (AvgIpc) is 2.37. The summed E-state index contributed by atoms with van der Waals surface area (Å²) in [5, 5.41) is 3.71. The molecule has 102 valence electrons. The number of likely N-dealkylation sites (N-methyl/N-ethyl adjacent to an activating group) is 1. The van der Waals surface area contributed by atoms with Crippen molar-refractivity contribution >= 4 is 0 Å². The van der Waals surface area contributed by atoms with E-state index in [0.717, 1.165) is 26.3 Å². The van der Waals surface area contributed by atoms with E-state index >= 15 is 0 Å². The van der Waals surface area contributed by atoms with Crippen LogP contribution >= 0.6 is 0 Å². The Bertz CT molecular complexity index is 187. The van der Waals surface area contributed by atoms with Gasteiger partial charge in [-0.3, -0.25) is 4.90 Å². The molecule has 1 saturated carbocycles. The molecule has 0 amide bonds. The van der Waals surface area contributed by atoms with Crippen LogP contribution in [0.15, 0.2) is 0 Å². The maximum Gasteiger partial charge on any atom is 0.0593 e. The summed E-state index contributed by atoms with van der Waals surface area (Å²) in [5.74, 6) is 0. The quantitative estimate of drug-likeness (QED) is 0.661. The number of rotatable bonds is 8. The fraction of sp³-hybridized carbons (Fsp3) is 1.00. The molecule has 0 aliphatic heterocycles. The van der Waals surface area contributed by atoms with Gasteiger partial charge in [0, 0.05) is 25.2 Å². The van der Waals surface area contributed by atoms with Crippen LogP contribution in [-0.4, -0.2) is 50.3 Å². The third-order valence-corrected chi connectivity index (χ3v) is 3.74. The number of hydrogen-bond acceptors (Lipinski definition) is 3. The lowest BCUT2D eigenvalue weighted by Crippen LogP contribution is -2.51. The normalized spacial score (nSPS) is 25.4. The number of hydrogen-bond donors (Lipinski definition) is 1. The van der Waals surface area contributed by atoms with Crippen molar-refractivity contribution in [2.24, 2.45) is 0 Å². The predicted molar refractivity (Wildman–Crippen MR) is 73.5 cm³/mol. The Hall–Kier alpha value is -0.120. The fourth-order valence-electron chi connectivity index (χ4n) is 2.73. The SMILES string of the molecule is CCCNC1CCCCC1N(C)CCOCC. The van der Waals surface area contributed by atoms with Gasteiger partial charge in [0.15, 0.2) is 0 Å². The van der Waals surface area contributed by atoms with E-state index in [4.69, 9.17) is 4.74 Å². The van der Waals surface area contributed by atoms with E-state index in [0.29, 0.717) is 12.1 Å². The second-order valence-corrected chi connectivity index (χ2v) is 5.09. The van der Waals surface area contributed by atoms with Crippen molar-refractivity contribution in [1.82, 2.24) is 10.2 Å². The molecule has 1 aliphatic rings. The van der Waals surface area contributed by atoms with Gasteiger partial charge >= 0.3 is 0 Å². The smallest absolute Gasteiger partial charge is 0.0593 e. The van der Waals surface area contributed by atoms with Gasteiger partial charge in [0.05, 0.1) is 6.61 Å². The third-order valence-electron chi connectivity index (χ3n) is 3.74. The molecule has 3 nitrogen and oxygen atoms in total. The summed E-state index contributed by atoms with van der Waals surface area (Å²) >= 11 is 0. The van der Waals surface area contributed by atoms with Gasteiger partial charge in [-0.25, -0.2) is 0 Å². The number of nitrogens with zero attached hydrogens (tertiary/aromatic N) is 1. The van der Waals surface area contributed by atoms with Gasteiger partial charge in [-0.05, 0) is 39.8 Å². The first kappa shape index (κ1) is 14.9. The van der Waals surface area contributed by atoms with Gasteiger partial charge in [0.2, 0.25) is 0 Å². The summed E-state index contributed by atoms with van der Waals surface area (Å²) in [5.41, 5.74) is 0. The molecule has 1 fully saturated rings. The van der Waals surface area contributed by atoms with Gasteiger partial charge in [-0.2, -0.15) is 0 Å². The lowest BCUT2D eigenvalue weighted by Gasteiger charge is -2.38. The van der Waals surface area contributed by atoms with Crippen molar-refractivity contribution < 1.29 is 4.74 Å². The first-order valence-electron chi connectivity index (χ1n) is 7.31. The van der Waals surface area contributed by atoms with Crippen LogP contribution in [0.4, 0.5) is 0 Å².